The largest absolute Gasteiger partial charge is 0.481 e. The van der Waals surface area contributed by atoms with E-state index in [1.807, 2.05) is 41.8 Å². The van der Waals surface area contributed by atoms with Gasteiger partial charge in [-0.05, 0) is 42.7 Å². The number of aromatic nitrogens is 3. The molecule has 1 amide bonds. The highest BCUT2D eigenvalue weighted by molar-refractivity contribution is 7.15. The van der Waals surface area contributed by atoms with Crippen LogP contribution in [-0.2, 0) is 28.0 Å². The zero-order valence-electron chi connectivity index (χ0n) is 21.8. The van der Waals surface area contributed by atoms with Crippen molar-refractivity contribution < 1.29 is 14.7 Å². The number of hydrogen-bond acceptors (Lipinski definition) is 7. The SMILES string of the molecule is CCc1cc2c(s1)-n1c(nnc1[C@@]1(C(CC)C(=O)O)C=CC=C3N=C(C(N)=O)C=C31)CN=C2c1ccccc1Cl. The minimum absolute atomic E-state index is 0.0691. The van der Waals surface area contributed by atoms with Crippen LogP contribution in [-0.4, -0.2) is 43.2 Å². The molecule has 3 N–H and O–H groups in total. The summed E-state index contributed by atoms with van der Waals surface area (Å²) in [5.41, 5.74) is 7.83. The average Bonchev–Trinajstić information content (AvgIpc) is 3.65. The molecule has 6 rings (SSSR count). The Hall–Kier alpha value is -4.15. The van der Waals surface area contributed by atoms with Crippen LogP contribution in [0.1, 0.15) is 47.9 Å². The number of thiophene rings is 1. The quantitative estimate of drug-likeness (QED) is 0.427. The number of benzene rings is 1. The molecule has 0 saturated carbocycles. The number of nitrogens with zero attached hydrogens (tertiary/aromatic N) is 5. The van der Waals surface area contributed by atoms with Crippen molar-refractivity contribution in [1.29, 1.82) is 0 Å². The lowest BCUT2D eigenvalue weighted by molar-refractivity contribution is -0.143. The second kappa shape index (κ2) is 9.79. The number of nitrogens with two attached hydrogens (primary N) is 1. The van der Waals surface area contributed by atoms with E-state index in [9.17, 15) is 14.7 Å². The molecule has 0 bridgehead atoms. The smallest absolute Gasteiger partial charge is 0.308 e. The molecule has 1 unspecified atom stereocenters. The Morgan fingerprint density at radius 1 is 1.23 bits per heavy atom. The van der Waals surface area contributed by atoms with Crippen molar-refractivity contribution in [2.45, 2.75) is 38.6 Å². The maximum Gasteiger partial charge on any atom is 0.308 e. The third kappa shape index (κ3) is 3.82. The predicted molar refractivity (Wildman–Crippen MR) is 154 cm³/mol. The Labute approximate surface area is 239 Å². The van der Waals surface area contributed by atoms with Crippen LogP contribution in [0.3, 0.4) is 0 Å². The standard InChI is InChI=1S/C29H25ClN6O3S/c1-3-15-12-17-24(16-8-5-6-9-20(16)30)32-14-23-34-35-28(36(23)26(17)40-15)29(18(4-2)27(38)39)11-7-10-21-19(29)13-22(33-21)25(31)37/h5-13,18H,3-4,14H2,1-2H3,(H2,31,37)(H,38,39)/t18?,29-/m1/s1. The van der Waals surface area contributed by atoms with Crippen molar-refractivity contribution in [1.82, 2.24) is 14.8 Å². The van der Waals surface area contributed by atoms with Crippen molar-refractivity contribution in [3.8, 4) is 5.00 Å². The van der Waals surface area contributed by atoms with Gasteiger partial charge in [-0.25, -0.2) is 4.99 Å². The Balaban J connectivity index is 1.64. The molecule has 0 saturated heterocycles. The van der Waals surface area contributed by atoms with Crippen LogP contribution < -0.4 is 5.73 Å². The molecule has 202 valence electrons. The van der Waals surface area contributed by atoms with Gasteiger partial charge in [-0.15, -0.1) is 21.5 Å². The van der Waals surface area contributed by atoms with Crippen LogP contribution in [0.4, 0.5) is 0 Å². The molecule has 0 radical (unpaired) electrons. The van der Waals surface area contributed by atoms with Crippen molar-refractivity contribution in [3.63, 3.8) is 0 Å². The van der Waals surface area contributed by atoms with E-state index in [4.69, 9.17) is 22.3 Å². The fourth-order valence-corrected chi connectivity index (χ4v) is 7.05. The highest BCUT2D eigenvalue weighted by Crippen LogP contribution is 2.50. The number of carbonyl (C=O) groups is 2. The molecule has 2 aromatic heterocycles. The summed E-state index contributed by atoms with van der Waals surface area (Å²) < 4.78 is 1.94. The zero-order chi connectivity index (χ0) is 28.2. The first-order valence-corrected chi connectivity index (χ1v) is 14.1. The molecular formula is C29H25ClN6O3S. The number of carboxylic acid groups (broad SMARTS) is 1. The summed E-state index contributed by atoms with van der Waals surface area (Å²) in [5.74, 6) is -1.63. The average molecular weight is 573 g/mol. The summed E-state index contributed by atoms with van der Waals surface area (Å²) in [6, 6.07) is 9.67. The highest BCUT2D eigenvalue weighted by atomic mass is 35.5. The third-order valence-corrected chi connectivity index (χ3v) is 9.14. The monoisotopic (exact) mass is 572 g/mol. The minimum Gasteiger partial charge on any atom is -0.481 e. The van der Waals surface area contributed by atoms with E-state index in [-0.39, 0.29) is 18.7 Å². The minimum atomic E-state index is -1.28. The van der Waals surface area contributed by atoms with Crippen molar-refractivity contribution in [2.24, 2.45) is 21.6 Å². The van der Waals surface area contributed by atoms with Crippen LogP contribution in [0.25, 0.3) is 5.00 Å². The number of carbonyl (C=O) groups excluding carboxylic acids is 1. The molecule has 3 aliphatic rings. The molecule has 1 aromatic carbocycles. The summed E-state index contributed by atoms with van der Waals surface area (Å²) in [5, 5.41) is 21.1. The van der Waals surface area contributed by atoms with Gasteiger partial charge in [-0.3, -0.25) is 19.1 Å². The molecular weight excluding hydrogens is 548 g/mol. The van der Waals surface area contributed by atoms with E-state index in [1.165, 1.54) is 0 Å². The van der Waals surface area contributed by atoms with Crippen molar-refractivity contribution in [3.05, 3.63) is 98.6 Å². The van der Waals surface area contributed by atoms with E-state index < -0.39 is 23.2 Å². The second-order valence-corrected chi connectivity index (χ2v) is 11.2. The van der Waals surface area contributed by atoms with E-state index in [2.05, 4.69) is 28.2 Å². The molecule has 3 aromatic rings. The molecule has 1 aliphatic carbocycles. The Kier molecular flexibility index (Phi) is 6.39. The number of hydrogen-bond donors (Lipinski definition) is 2. The summed E-state index contributed by atoms with van der Waals surface area (Å²) >= 11 is 8.21. The van der Waals surface area contributed by atoms with Crippen molar-refractivity contribution >= 4 is 46.2 Å². The first kappa shape index (κ1) is 26.1. The number of carboxylic acids is 1. The summed E-state index contributed by atoms with van der Waals surface area (Å²) in [6.45, 7) is 4.12. The molecule has 2 aliphatic heterocycles. The van der Waals surface area contributed by atoms with Gasteiger partial charge < -0.3 is 10.8 Å². The number of aryl methyl sites for hydroxylation is 1. The van der Waals surface area contributed by atoms with Crippen molar-refractivity contribution in [2.75, 3.05) is 0 Å². The van der Waals surface area contributed by atoms with Gasteiger partial charge in [0.2, 0.25) is 0 Å². The van der Waals surface area contributed by atoms with E-state index in [1.54, 1.807) is 29.6 Å². The summed E-state index contributed by atoms with van der Waals surface area (Å²) in [6.07, 6.45) is 8.01. The Morgan fingerprint density at radius 3 is 2.73 bits per heavy atom. The first-order valence-electron chi connectivity index (χ1n) is 12.9. The van der Waals surface area contributed by atoms with E-state index >= 15 is 0 Å². The Morgan fingerprint density at radius 2 is 2.02 bits per heavy atom. The Bertz CT molecular complexity index is 1740. The highest BCUT2D eigenvalue weighted by Gasteiger charge is 2.52. The molecule has 11 heteroatoms. The lowest BCUT2D eigenvalue weighted by atomic mass is 9.65. The summed E-state index contributed by atoms with van der Waals surface area (Å²) in [7, 11) is 0. The van der Waals surface area contributed by atoms with Gasteiger partial charge in [0.25, 0.3) is 5.91 Å². The number of amides is 1. The number of halogens is 1. The van der Waals surface area contributed by atoms with Gasteiger partial charge in [0, 0.05) is 21.0 Å². The van der Waals surface area contributed by atoms with Gasteiger partial charge in [-0.1, -0.05) is 55.8 Å². The van der Waals surface area contributed by atoms with Gasteiger partial charge in [-0.2, -0.15) is 0 Å². The molecule has 4 heterocycles. The van der Waals surface area contributed by atoms with Crippen LogP contribution in [0.5, 0.6) is 0 Å². The number of rotatable bonds is 7. The number of aliphatic imine (C=N–C) groups is 2. The number of allylic oxidation sites excluding steroid dienone is 4. The van der Waals surface area contributed by atoms with E-state index in [0.717, 1.165) is 33.1 Å². The van der Waals surface area contributed by atoms with E-state index in [0.29, 0.717) is 27.9 Å². The first-order chi connectivity index (χ1) is 19.3. The number of primary amides is 1. The van der Waals surface area contributed by atoms with Gasteiger partial charge >= 0.3 is 5.97 Å². The predicted octanol–water partition coefficient (Wildman–Crippen LogP) is 4.56. The number of aliphatic carboxylic acids is 1. The maximum absolute atomic E-state index is 12.8. The van der Waals surface area contributed by atoms with Gasteiger partial charge in [0.1, 0.15) is 17.3 Å². The maximum atomic E-state index is 12.8. The lowest BCUT2D eigenvalue weighted by Gasteiger charge is -2.38. The lowest BCUT2D eigenvalue weighted by Crippen LogP contribution is -2.43. The molecule has 0 fully saturated rings. The fraction of sp³-hybridized carbons (Fsp3) is 0.241. The normalized spacial score (nSPS) is 19.9. The van der Waals surface area contributed by atoms with Crippen LogP contribution in [0, 0.1) is 5.92 Å². The topological polar surface area (TPSA) is 136 Å². The molecule has 9 nitrogen and oxygen atoms in total. The molecule has 2 atom stereocenters. The van der Waals surface area contributed by atoms with Crippen LogP contribution in [0.15, 0.2) is 75.9 Å². The zero-order valence-corrected chi connectivity index (χ0v) is 23.3. The second-order valence-electron chi connectivity index (χ2n) is 9.70. The summed E-state index contributed by atoms with van der Waals surface area (Å²) in [4.78, 5) is 35.4. The van der Waals surface area contributed by atoms with Crippen LogP contribution >= 0.6 is 22.9 Å². The molecule has 0 spiro atoms. The molecule has 40 heavy (non-hydrogen) atoms. The fourth-order valence-electron chi connectivity index (χ4n) is 5.70. The van der Waals surface area contributed by atoms with Gasteiger partial charge in [0.15, 0.2) is 11.6 Å². The van der Waals surface area contributed by atoms with Crippen LogP contribution in [0.2, 0.25) is 5.02 Å². The third-order valence-electron chi connectivity index (χ3n) is 7.54. The van der Waals surface area contributed by atoms with Gasteiger partial charge in [0.05, 0.1) is 22.7 Å². The number of fused-ring (bicyclic) bond motifs is 4.